The number of hydrogen-bond acceptors (Lipinski definition) is 1. The number of hydrogen-bond donors (Lipinski definition) is 1. The molecule has 16 heavy (non-hydrogen) atoms. The first kappa shape index (κ1) is 15.0. The molecule has 0 aromatic rings. The van der Waals surface area contributed by atoms with Gasteiger partial charge in [-0.1, -0.05) is 51.7 Å². The Balaban J connectivity index is 3.99. The summed E-state index contributed by atoms with van der Waals surface area (Å²) in [6.07, 6.45) is 3.05. The smallest absolute Gasteiger partial charge is 0.0462 e. The fraction of sp³-hybridized carbons (Fsp3) is 0.600. The Morgan fingerprint density at radius 1 is 1.12 bits per heavy atom. The molecule has 1 atom stereocenters. The zero-order chi connectivity index (χ0) is 12.7. The van der Waals surface area contributed by atoms with Crippen LogP contribution in [-0.2, 0) is 0 Å². The Kier molecular flexibility index (Phi) is 6.87. The van der Waals surface area contributed by atoms with Gasteiger partial charge in [0, 0.05) is 11.7 Å². The summed E-state index contributed by atoms with van der Waals surface area (Å²) in [7, 11) is 0. The summed E-state index contributed by atoms with van der Waals surface area (Å²) in [5, 5.41) is 3.43. The van der Waals surface area contributed by atoms with E-state index in [1.165, 1.54) is 11.1 Å². The van der Waals surface area contributed by atoms with Gasteiger partial charge in [0.15, 0.2) is 0 Å². The first-order chi connectivity index (χ1) is 7.38. The van der Waals surface area contributed by atoms with E-state index < -0.39 is 0 Å². The minimum atomic E-state index is 0.361. The molecule has 0 aromatic carbocycles. The Morgan fingerprint density at radius 3 is 2.06 bits per heavy atom. The monoisotopic (exact) mass is 221 g/mol. The highest BCUT2D eigenvalue weighted by molar-refractivity contribution is 5.09. The van der Waals surface area contributed by atoms with Crippen molar-refractivity contribution in [2.75, 3.05) is 0 Å². The van der Waals surface area contributed by atoms with Crippen LogP contribution in [0.2, 0.25) is 0 Å². The largest absolute Gasteiger partial charge is 0.382 e. The number of nitrogens with one attached hydrogen (secondary N) is 1. The SMILES string of the molecule is C=C(CCC(=C)C(C)C)NC(CC)C(=C)C. The highest BCUT2D eigenvalue weighted by atomic mass is 14.9. The first-order valence-corrected chi connectivity index (χ1v) is 6.15. The van der Waals surface area contributed by atoms with E-state index in [9.17, 15) is 0 Å². The Morgan fingerprint density at radius 2 is 1.69 bits per heavy atom. The average Bonchev–Trinajstić information content (AvgIpc) is 2.21. The van der Waals surface area contributed by atoms with Crippen molar-refractivity contribution in [2.45, 2.75) is 53.0 Å². The van der Waals surface area contributed by atoms with Crippen molar-refractivity contribution in [3.8, 4) is 0 Å². The molecule has 0 aliphatic rings. The molecule has 1 nitrogen and oxygen atoms in total. The first-order valence-electron chi connectivity index (χ1n) is 6.15. The summed E-state index contributed by atoms with van der Waals surface area (Å²) in [6.45, 7) is 20.7. The lowest BCUT2D eigenvalue weighted by molar-refractivity contribution is 0.595. The Bertz CT molecular complexity index is 261. The molecule has 0 aromatic heterocycles. The molecule has 0 rings (SSSR count). The Hall–Kier alpha value is -0.980. The molecule has 0 amide bonds. The lowest BCUT2D eigenvalue weighted by Crippen LogP contribution is -2.28. The van der Waals surface area contributed by atoms with Crippen LogP contribution in [0, 0.1) is 5.92 Å². The van der Waals surface area contributed by atoms with E-state index >= 15 is 0 Å². The summed E-state index contributed by atoms with van der Waals surface area (Å²) in [4.78, 5) is 0. The molecule has 0 aliphatic carbocycles. The van der Waals surface area contributed by atoms with Crippen LogP contribution in [0.5, 0.6) is 0 Å². The van der Waals surface area contributed by atoms with Crippen molar-refractivity contribution in [1.29, 1.82) is 0 Å². The summed E-state index contributed by atoms with van der Waals surface area (Å²) < 4.78 is 0. The van der Waals surface area contributed by atoms with Crippen LogP contribution in [0.3, 0.4) is 0 Å². The third-order valence-electron chi connectivity index (χ3n) is 2.95. The van der Waals surface area contributed by atoms with Gasteiger partial charge in [0.2, 0.25) is 0 Å². The van der Waals surface area contributed by atoms with Crippen molar-refractivity contribution in [1.82, 2.24) is 5.32 Å². The lowest BCUT2D eigenvalue weighted by Gasteiger charge is -2.20. The molecular weight excluding hydrogens is 194 g/mol. The zero-order valence-corrected chi connectivity index (χ0v) is 11.4. The molecule has 0 saturated heterocycles. The molecule has 1 N–H and O–H groups in total. The van der Waals surface area contributed by atoms with Gasteiger partial charge in [0.25, 0.3) is 0 Å². The van der Waals surface area contributed by atoms with E-state index in [1.54, 1.807) is 0 Å². The highest BCUT2D eigenvalue weighted by Gasteiger charge is 2.07. The predicted molar refractivity (Wildman–Crippen MR) is 74.4 cm³/mol. The van der Waals surface area contributed by atoms with E-state index in [2.05, 4.69) is 52.7 Å². The van der Waals surface area contributed by atoms with Gasteiger partial charge in [-0.15, -0.1) is 0 Å². The van der Waals surface area contributed by atoms with Gasteiger partial charge >= 0.3 is 0 Å². The van der Waals surface area contributed by atoms with Crippen molar-refractivity contribution >= 4 is 0 Å². The molecule has 92 valence electrons. The normalized spacial score (nSPS) is 12.3. The van der Waals surface area contributed by atoms with Crippen LogP contribution in [-0.4, -0.2) is 6.04 Å². The second kappa shape index (κ2) is 7.32. The van der Waals surface area contributed by atoms with E-state index in [-0.39, 0.29) is 0 Å². The van der Waals surface area contributed by atoms with E-state index in [4.69, 9.17) is 0 Å². The standard InChI is InChI=1S/C15H27N/c1-8-15(12(4)5)16-14(7)10-9-13(6)11(2)3/h11,15-16H,4,6-10H2,1-3,5H3. The van der Waals surface area contributed by atoms with Gasteiger partial charge in [-0.2, -0.15) is 0 Å². The molecule has 0 bridgehead atoms. The molecule has 1 unspecified atom stereocenters. The fourth-order valence-electron chi connectivity index (χ4n) is 1.49. The van der Waals surface area contributed by atoms with Crippen molar-refractivity contribution in [2.24, 2.45) is 5.92 Å². The third-order valence-corrected chi connectivity index (χ3v) is 2.95. The third kappa shape index (κ3) is 5.79. The molecular formula is C15H27N. The summed E-state index contributed by atoms with van der Waals surface area (Å²) in [6, 6.07) is 0.361. The number of rotatable bonds is 8. The van der Waals surface area contributed by atoms with Crippen molar-refractivity contribution in [3.63, 3.8) is 0 Å². The van der Waals surface area contributed by atoms with Crippen molar-refractivity contribution in [3.05, 3.63) is 36.6 Å². The second-order valence-electron chi connectivity index (χ2n) is 4.87. The van der Waals surface area contributed by atoms with Crippen LogP contribution < -0.4 is 5.32 Å². The quantitative estimate of drug-likeness (QED) is 0.598. The Labute approximate surface area is 101 Å². The van der Waals surface area contributed by atoms with E-state index in [0.717, 1.165) is 25.0 Å². The molecule has 0 heterocycles. The highest BCUT2D eigenvalue weighted by Crippen LogP contribution is 2.16. The second-order valence-corrected chi connectivity index (χ2v) is 4.87. The summed E-state index contributed by atoms with van der Waals surface area (Å²) in [5.41, 5.74) is 3.56. The predicted octanol–water partition coefficient (Wildman–Crippen LogP) is 4.44. The molecule has 0 fully saturated rings. The van der Waals surface area contributed by atoms with Gasteiger partial charge in [-0.05, 0) is 32.1 Å². The van der Waals surface area contributed by atoms with Crippen LogP contribution in [0.15, 0.2) is 36.6 Å². The minimum Gasteiger partial charge on any atom is -0.382 e. The van der Waals surface area contributed by atoms with Gasteiger partial charge in [-0.25, -0.2) is 0 Å². The van der Waals surface area contributed by atoms with E-state index in [1.807, 2.05) is 0 Å². The molecule has 0 saturated carbocycles. The maximum Gasteiger partial charge on any atom is 0.0462 e. The van der Waals surface area contributed by atoms with Gasteiger partial charge < -0.3 is 5.32 Å². The lowest BCUT2D eigenvalue weighted by atomic mass is 9.99. The number of allylic oxidation sites excluding steroid dienone is 2. The molecule has 0 aliphatic heterocycles. The molecule has 1 heteroatoms. The topological polar surface area (TPSA) is 12.0 Å². The van der Waals surface area contributed by atoms with Gasteiger partial charge in [-0.3, -0.25) is 0 Å². The maximum atomic E-state index is 4.07. The van der Waals surface area contributed by atoms with E-state index in [0.29, 0.717) is 12.0 Å². The zero-order valence-electron chi connectivity index (χ0n) is 11.4. The summed E-state index contributed by atoms with van der Waals surface area (Å²) in [5.74, 6) is 0.566. The minimum absolute atomic E-state index is 0.361. The molecule has 0 spiro atoms. The van der Waals surface area contributed by atoms with Crippen LogP contribution >= 0.6 is 0 Å². The van der Waals surface area contributed by atoms with Gasteiger partial charge in [0.05, 0.1) is 0 Å². The van der Waals surface area contributed by atoms with Crippen LogP contribution in [0.25, 0.3) is 0 Å². The van der Waals surface area contributed by atoms with Crippen LogP contribution in [0.4, 0.5) is 0 Å². The molecule has 0 radical (unpaired) electrons. The average molecular weight is 221 g/mol. The summed E-state index contributed by atoms with van der Waals surface area (Å²) >= 11 is 0. The van der Waals surface area contributed by atoms with Crippen LogP contribution in [0.1, 0.15) is 47.0 Å². The fourth-order valence-corrected chi connectivity index (χ4v) is 1.49. The van der Waals surface area contributed by atoms with Crippen molar-refractivity contribution < 1.29 is 0 Å². The van der Waals surface area contributed by atoms with Gasteiger partial charge in [0.1, 0.15) is 0 Å². The maximum absolute atomic E-state index is 4.07.